The van der Waals surface area contributed by atoms with Crippen LogP contribution >= 0.6 is 11.8 Å². The molecule has 2 N–H and O–H groups in total. The van der Waals surface area contributed by atoms with Crippen molar-refractivity contribution in [3.63, 3.8) is 0 Å². The van der Waals surface area contributed by atoms with Gasteiger partial charge in [0.25, 0.3) is 0 Å². The molecule has 0 saturated carbocycles. The molecule has 17 heavy (non-hydrogen) atoms. The Kier molecular flexibility index (Phi) is 5.95. The van der Waals surface area contributed by atoms with E-state index in [2.05, 4.69) is 4.90 Å². The number of benzene rings is 1. The van der Waals surface area contributed by atoms with Gasteiger partial charge in [-0.05, 0) is 27.1 Å². The molecule has 0 fully saturated rings. The molecule has 2 nitrogen and oxygen atoms in total. The second-order valence-corrected chi connectivity index (χ2v) is 5.72. The van der Waals surface area contributed by atoms with E-state index in [4.69, 9.17) is 5.73 Å². The van der Waals surface area contributed by atoms with E-state index < -0.39 is 0 Å². The Morgan fingerprint density at radius 1 is 1.35 bits per heavy atom. The van der Waals surface area contributed by atoms with E-state index in [1.807, 2.05) is 33.2 Å². The first-order chi connectivity index (χ1) is 8.02. The monoisotopic (exact) mass is 256 g/mol. The van der Waals surface area contributed by atoms with Gasteiger partial charge < -0.3 is 10.6 Å². The normalized spacial score (nSPS) is 14.9. The molecule has 1 rings (SSSR count). The third-order valence-corrected chi connectivity index (χ3v) is 3.99. The van der Waals surface area contributed by atoms with Crippen LogP contribution in [0.2, 0.25) is 0 Å². The molecule has 96 valence electrons. The Hall–Kier alpha value is -0.580. The van der Waals surface area contributed by atoms with Gasteiger partial charge >= 0.3 is 0 Å². The predicted molar refractivity (Wildman–Crippen MR) is 73.8 cm³/mol. The van der Waals surface area contributed by atoms with Crippen molar-refractivity contribution in [2.45, 2.75) is 18.2 Å². The summed E-state index contributed by atoms with van der Waals surface area (Å²) in [6.45, 7) is 2.90. The van der Waals surface area contributed by atoms with E-state index in [-0.39, 0.29) is 17.1 Å². The molecule has 0 aliphatic heterocycles. The molecule has 0 heterocycles. The fourth-order valence-corrected chi connectivity index (χ4v) is 2.99. The third kappa shape index (κ3) is 4.66. The molecule has 0 amide bonds. The Balaban J connectivity index is 2.69. The van der Waals surface area contributed by atoms with E-state index in [0.717, 1.165) is 12.3 Å². The van der Waals surface area contributed by atoms with Crippen molar-refractivity contribution in [1.29, 1.82) is 0 Å². The van der Waals surface area contributed by atoms with Gasteiger partial charge in [0.15, 0.2) is 0 Å². The van der Waals surface area contributed by atoms with Crippen LogP contribution in [0.15, 0.2) is 24.3 Å². The van der Waals surface area contributed by atoms with Crippen LogP contribution in [0.5, 0.6) is 0 Å². The Labute approximate surface area is 107 Å². The van der Waals surface area contributed by atoms with Crippen molar-refractivity contribution in [1.82, 2.24) is 4.90 Å². The molecule has 1 aromatic rings. The maximum Gasteiger partial charge on any atom is 0.127 e. The van der Waals surface area contributed by atoms with Crippen LogP contribution in [0, 0.1) is 5.82 Å². The zero-order valence-corrected chi connectivity index (χ0v) is 11.5. The average molecular weight is 256 g/mol. The lowest BCUT2D eigenvalue weighted by Crippen LogP contribution is -2.25. The molecule has 4 heteroatoms. The summed E-state index contributed by atoms with van der Waals surface area (Å²) >= 11 is 1.72. The highest BCUT2D eigenvalue weighted by Crippen LogP contribution is 2.32. The fourth-order valence-electron chi connectivity index (χ4n) is 1.59. The number of nitrogens with two attached hydrogens (primary N) is 1. The molecule has 0 bridgehead atoms. The van der Waals surface area contributed by atoms with Gasteiger partial charge in [0, 0.05) is 29.2 Å². The van der Waals surface area contributed by atoms with Crippen LogP contribution < -0.4 is 5.73 Å². The topological polar surface area (TPSA) is 29.3 Å². The first-order valence-corrected chi connectivity index (χ1v) is 6.83. The highest BCUT2D eigenvalue weighted by molar-refractivity contribution is 7.99. The minimum absolute atomic E-state index is 0.0242. The maximum absolute atomic E-state index is 13.7. The largest absolute Gasteiger partial charge is 0.327 e. The predicted octanol–water partition coefficient (Wildman–Crippen LogP) is 2.51. The fraction of sp³-hybridized carbons (Fsp3) is 0.538. The molecule has 0 aromatic heterocycles. The maximum atomic E-state index is 13.7. The number of hydrogen-bond acceptors (Lipinski definition) is 3. The second kappa shape index (κ2) is 6.99. The summed E-state index contributed by atoms with van der Waals surface area (Å²) in [6.07, 6.45) is 0. The lowest BCUT2D eigenvalue weighted by molar-refractivity contribution is 0.437. The number of hydrogen-bond donors (Lipinski definition) is 1. The lowest BCUT2D eigenvalue weighted by Gasteiger charge is -2.22. The molecule has 2 atom stereocenters. The first kappa shape index (κ1) is 14.5. The van der Waals surface area contributed by atoms with Crippen molar-refractivity contribution in [3.8, 4) is 0 Å². The highest BCUT2D eigenvalue weighted by Gasteiger charge is 2.19. The Morgan fingerprint density at radius 3 is 2.53 bits per heavy atom. The van der Waals surface area contributed by atoms with Gasteiger partial charge in [-0.15, -0.1) is 0 Å². The van der Waals surface area contributed by atoms with Crippen molar-refractivity contribution in [2.75, 3.05) is 26.4 Å². The zero-order chi connectivity index (χ0) is 12.8. The molecule has 0 spiro atoms. The third-order valence-electron chi connectivity index (χ3n) is 2.53. The summed E-state index contributed by atoms with van der Waals surface area (Å²) in [6, 6.07) is 6.84. The van der Waals surface area contributed by atoms with Gasteiger partial charge in [0.05, 0.1) is 0 Å². The van der Waals surface area contributed by atoms with Crippen molar-refractivity contribution in [2.24, 2.45) is 5.73 Å². The molecule has 0 radical (unpaired) electrons. The standard InChI is InChI=1S/C13H21FN2S/c1-10(15)13(17-9-8-16(2)3)11-6-4-5-7-12(11)14/h4-7,10,13H,8-9,15H2,1-3H3. The summed E-state index contributed by atoms with van der Waals surface area (Å²) in [5.74, 6) is 0.792. The Bertz CT molecular complexity index is 342. The zero-order valence-electron chi connectivity index (χ0n) is 10.7. The summed E-state index contributed by atoms with van der Waals surface area (Å²) in [5, 5.41) is 0.0242. The molecule has 0 saturated heterocycles. The molecular weight excluding hydrogens is 235 g/mol. The minimum atomic E-state index is -0.160. The van der Waals surface area contributed by atoms with Crippen molar-refractivity contribution < 1.29 is 4.39 Å². The molecule has 0 aliphatic carbocycles. The first-order valence-electron chi connectivity index (χ1n) is 5.78. The van der Waals surface area contributed by atoms with Crippen LogP contribution in [0.3, 0.4) is 0 Å². The van der Waals surface area contributed by atoms with Gasteiger partial charge in [-0.1, -0.05) is 18.2 Å². The quantitative estimate of drug-likeness (QED) is 0.848. The summed E-state index contributed by atoms with van der Waals surface area (Å²) in [5.41, 5.74) is 6.67. The number of rotatable bonds is 6. The molecule has 0 aliphatic rings. The van der Waals surface area contributed by atoms with E-state index >= 15 is 0 Å². The lowest BCUT2D eigenvalue weighted by atomic mass is 10.1. The van der Waals surface area contributed by atoms with Crippen LogP contribution in [-0.2, 0) is 0 Å². The smallest absolute Gasteiger partial charge is 0.127 e. The molecule has 2 unspecified atom stereocenters. The van der Waals surface area contributed by atoms with Gasteiger partial charge in [-0.25, -0.2) is 4.39 Å². The van der Waals surface area contributed by atoms with Crippen LogP contribution in [0.4, 0.5) is 4.39 Å². The summed E-state index contributed by atoms with van der Waals surface area (Å²) in [7, 11) is 4.06. The minimum Gasteiger partial charge on any atom is -0.327 e. The number of halogens is 1. The van der Waals surface area contributed by atoms with Gasteiger partial charge in [-0.2, -0.15) is 11.8 Å². The second-order valence-electron chi connectivity index (χ2n) is 4.48. The van der Waals surface area contributed by atoms with Gasteiger partial charge in [-0.3, -0.25) is 0 Å². The summed E-state index contributed by atoms with van der Waals surface area (Å²) < 4.78 is 13.7. The van der Waals surface area contributed by atoms with Gasteiger partial charge in [0.1, 0.15) is 5.82 Å². The van der Waals surface area contributed by atoms with E-state index in [9.17, 15) is 4.39 Å². The van der Waals surface area contributed by atoms with E-state index in [1.54, 1.807) is 17.8 Å². The average Bonchev–Trinajstić information content (AvgIpc) is 2.25. The van der Waals surface area contributed by atoms with Crippen molar-refractivity contribution in [3.05, 3.63) is 35.6 Å². The molecular formula is C13H21FN2S. The highest BCUT2D eigenvalue weighted by atomic mass is 32.2. The van der Waals surface area contributed by atoms with E-state index in [0.29, 0.717) is 5.56 Å². The number of thioether (sulfide) groups is 1. The van der Waals surface area contributed by atoms with Crippen LogP contribution in [0.25, 0.3) is 0 Å². The van der Waals surface area contributed by atoms with Crippen molar-refractivity contribution >= 4 is 11.8 Å². The Morgan fingerprint density at radius 2 is 2.00 bits per heavy atom. The summed E-state index contributed by atoms with van der Waals surface area (Å²) in [4.78, 5) is 2.12. The van der Waals surface area contributed by atoms with Gasteiger partial charge in [0.2, 0.25) is 0 Å². The van der Waals surface area contributed by atoms with Crippen LogP contribution in [0.1, 0.15) is 17.7 Å². The number of nitrogens with zero attached hydrogens (tertiary/aromatic N) is 1. The van der Waals surface area contributed by atoms with Crippen LogP contribution in [-0.4, -0.2) is 37.3 Å². The SMILES string of the molecule is CC(N)C(SCCN(C)C)c1ccccc1F. The van der Waals surface area contributed by atoms with E-state index in [1.165, 1.54) is 6.07 Å². The molecule has 1 aromatic carbocycles.